The van der Waals surface area contributed by atoms with Crippen LogP contribution in [0.5, 0.6) is 0 Å². The molecule has 1 aromatic heterocycles. The van der Waals surface area contributed by atoms with Crippen LogP contribution in [-0.4, -0.2) is 33.6 Å². The van der Waals surface area contributed by atoms with Crippen LogP contribution in [0, 0.1) is 6.92 Å². The maximum Gasteiger partial charge on any atom is 0.256 e. The van der Waals surface area contributed by atoms with Crippen molar-refractivity contribution in [2.45, 2.75) is 39.3 Å². The van der Waals surface area contributed by atoms with Crippen molar-refractivity contribution in [1.29, 1.82) is 0 Å². The van der Waals surface area contributed by atoms with Gasteiger partial charge in [0.25, 0.3) is 5.91 Å². The summed E-state index contributed by atoms with van der Waals surface area (Å²) in [6.45, 7) is 5.98. The molecule has 0 spiro atoms. The molecule has 1 N–H and O–H groups in total. The minimum Gasteiger partial charge on any atom is -0.305 e. The largest absolute Gasteiger partial charge is 0.305 e. The minimum absolute atomic E-state index is 0.170. The molecule has 25 heavy (non-hydrogen) atoms. The smallest absolute Gasteiger partial charge is 0.256 e. The number of nitrogens with zero attached hydrogens (tertiary/aromatic N) is 3. The molecule has 130 valence electrons. The minimum atomic E-state index is -0.170. The van der Waals surface area contributed by atoms with Gasteiger partial charge < -0.3 is 5.32 Å². The van der Waals surface area contributed by atoms with Crippen LogP contribution in [0.1, 0.15) is 41.4 Å². The van der Waals surface area contributed by atoms with Gasteiger partial charge in [-0.1, -0.05) is 37.6 Å². The van der Waals surface area contributed by atoms with Crippen molar-refractivity contribution in [3.8, 4) is 0 Å². The Balaban J connectivity index is 1.60. The zero-order valence-corrected chi connectivity index (χ0v) is 14.8. The first-order chi connectivity index (χ1) is 12.2. The van der Waals surface area contributed by atoms with E-state index in [4.69, 9.17) is 0 Å². The standard InChI is InChI=1S/C20H24N4O/c1-3-5-18-6-4-13-24(18)14-16-8-10-17(11-9-16)20(25)21-19-12-7-15(2)22-23-19/h4,6-12,18H,3,5,13-14H2,1-2H3,(H,21,23,25)/t18-/m0/s1. The van der Waals surface area contributed by atoms with Crippen molar-refractivity contribution in [2.75, 3.05) is 11.9 Å². The number of hydrogen-bond acceptors (Lipinski definition) is 4. The lowest BCUT2D eigenvalue weighted by Crippen LogP contribution is -2.29. The van der Waals surface area contributed by atoms with Crippen LogP contribution in [-0.2, 0) is 6.54 Å². The van der Waals surface area contributed by atoms with E-state index in [1.807, 2.05) is 37.3 Å². The molecule has 5 heteroatoms. The van der Waals surface area contributed by atoms with Gasteiger partial charge in [-0.3, -0.25) is 9.69 Å². The number of hydrogen-bond donors (Lipinski definition) is 1. The summed E-state index contributed by atoms with van der Waals surface area (Å²) in [5, 5.41) is 10.7. The summed E-state index contributed by atoms with van der Waals surface area (Å²) in [7, 11) is 0. The summed E-state index contributed by atoms with van der Waals surface area (Å²) in [6, 6.07) is 11.9. The molecule has 0 saturated carbocycles. The van der Waals surface area contributed by atoms with Gasteiger partial charge in [-0.05, 0) is 43.2 Å². The highest BCUT2D eigenvalue weighted by Crippen LogP contribution is 2.18. The molecule has 2 aromatic rings. The summed E-state index contributed by atoms with van der Waals surface area (Å²) in [5.74, 6) is 0.293. The second kappa shape index (κ2) is 8.03. The van der Waals surface area contributed by atoms with Crippen LogP contribution in [0.2, 0.25) is 0 Å². The number of nitrogens with one attached hydrogen (secondary N) is 1. The lowest BCUT2D eigenvalue weighted by Gasteiger charge is -2.24. The molecule has 1 aromatic carbocycles. The normalized spacial score (nSPS) is 17.0. The monoisotopic (exact) mass is 336 g/mol. The van der Waals surface area contributed by atoms with E-state index in [2.05, 4.69) is 39.5 Å². The van der Waals surface area contributed by atoms with Crippen LogP contribution in [0.15, 0.2) is 48.6 Å². The Morgan fingerprint density at radius 3 is 2.68 bits per heavy atom. The number of amides is 1. The Bertz CT molecular complexity index is 737. The molecule has 1 amide bonds. The van der Waals surface area contributed by atoms with Crippen molar-refractivity contribution < 1.29 is 4.79 Å². The number of carbonyl (C=O) groups excluding carboxylic acids is 1. The summed E-state index contributed by atoms with van der Waals surface area (Å²) < 4.78 is 0. The maximum atomic E-state index is 12.3. The number of rotatable bonds is 6. The van der Waals surface area contributed by atoms with Crippen molar-refractivity contribution in [3.05, 3.63) is 65.4 Å². The lowest BCUT2D eigenvalue weighted by atomic mass is 10.1. The van der Waals surface area contributed by atoms with Gasteiger partial charge in [0.15, 0.2) is 5.82 Å². The molecular weight excluding hydrogens is 312 g/mol. The summed E-state index contributed by atoms with van der Waals surface area (Å²) in [6.07, 6.45) is 6.92. The fraction of sp³-hybridized carbons (Fsp3) is 0.350. The van der Waals surface area contributed by atoms with Gasteiger partial charge in [-0.15, -0.1) is 5.10 Å². The van der Waals surface area contributed by atoms with Gasteiger partial charge in [0.2, 0.25) is 0 Å². The molecule has 0 fully saturated rings. The summed E-state index contributed by atoms with van der Waals surface area (Å²) >= 11 is 0. The fourth-order valence-corrected chi connectivity index (χ4v) is 3.02. The highest BCUT2D eigenvalue weighted by atomic mass is 16.1. The lowest BCUT2D eigenvalue weighted by molar-refractivity contribution is 0.102. The molecule has 5 nitrogen and oxygen atoms in total. The second-order valence-electron chi connectivity index (χ2n) is 6.42. The van der Waals surface area contributed by atoms with Gasteiger partial charge in [0, 0.05) is 24.7 Å². The van der Waals surface area contributed by atoms with E-state index in [9.17, 15) is 4.79 Å². The molecular formula is C20H24N4O. The maximum absolute atomic E-state index is 12.3. The molecule has 0 bridgehead atoms. The zero-order valence-electron chi connectivity index (χ0n) is 14.8. The predicted octanol–water partition coefficient (Wildman–Crippen LogP) is 3.58. The Kier molecular flexibility index (Phi) is 5.56. The van der Waals surface area contributed by atoms with E-state index >= 15 is 0 Å². The van der Waals surface area contributed by atoms with Crippen LogP contribution < -0.4 is 5.32 Å². The van der Waals surface area contributed by atoms with Gasteiger partial charge in [0.1, 0.15) is 0 Å². The quantitative estimate of drug-likeness (QED) is 0.819. The highest BCUT2D eigenvalue weighted by molar-refractivity contribution is 6.03. The topological polar surface area (TPSA) is 58.1 Å². The van der Waals surface area contributed by atoms with Gasteiger partial charge in [0.05, 0.1) is 5.69 Å². The van der Waals surface area contributed by atoms with Gasteiger partial charge in [-0.25, -0.2) is 0 Å². The van der Waals surface area contributed by atoms with Crippen LogP contribution in [0.3, 0.4) is 0 Å². The van der Waals surface area contributed by atoms with E-state index in [0.29, 0.717) is 17.4 Å². The number of aromatic nitrogens is 2. The number of anilines is 1. The summed E-state index contributed by atoms with van der Waals surface area (Å²) in [5.41, 5.74) is 2.66. The third kappa shape index (κ3) is 4.51. The molecule has 1 aliphatic heterocycles. The van der Waals surface area contributed by atoms with Crippen LogP contribution in [0.25, 0.3) is 0 Å². The van der Waals surface area contributed by atoms with Crippen molar-refractivity contribution in [2.24, 2.45) is 0 Å². The molecule has 1 atom stereocenters. The SMILES string of the molecule is CCC[C@H]1C=CCN1Cc1ccc(C(=O)Nc2ccc(C)nn2)cc1. The zero-order chi connectivity index (χ0) is 17.6. The molecule has 3 rings (SSSR count). The van der Waals surface area contributed by atoms with Crippen molar-refractivity contribution in [1.82, 2.24) is 15.1 Å². The Morgan fingerprint density at radius 1 is 1.20 bits per heavy atom. The van der Waals surface area contributed by atoms with Crippen LogP contribution in [0.4, 0.5) is 5.82 Å². The number of aryl methyl sites for hydroxylation is 1. The number of benzene rings is 1. The molecule has 2 heterocycles. The predicted molar refractivity (Wildman–Crippen MR) is 99.4 cm³/mol. The van der Waals surface area contributed by atoms with Crippen LogP contribution >= 0.6 is 0 Å². The second-order valence-corrected chi connectivity index (χ2v) is 6.42. The molecule has 1 aliphatic rings. The fourth-order valence-electron chi connectivity index (χ4n) is 3.02. The van der Waals surface area contributed by atoms with Crippen molar-refractivity contribution >= 4 is 11.7 Å². The van der Waals surface area contributed by atoms with Gasteiger partial charge in [-0.2, -0.15) is 5.10 Å². The van der Waals surface area contributed by atoms with E-state index in [1.165, 1.54) is 18.4 Å². The van der Waals surface area contributed by atoms with Crippen molar-refractivity contribution in [3.63, 3.8) is 0 Å². The molecule has 0 saturated heterocycles. The van der Waals surface area contributed by atoms with E-state index < -0.39 is 0 Å². The summed E-state index contributed by atoms with van der Waals surface area (Å²) in [4.78, 5) is 14.8. The average Bonchev–Trinajstić information content (AvgIpc) is 3.05. The Hall–Kier alpha value is -2.53. The molecule has 0 unspecified atom stereocenters. The first-order valence-electron chi connectivity index (χ1n) is 8.77. The first-order valence-corrected chi connectivity index (χ1v) is 8.77. The van der Waals surface area contributed by atoms with E-state index in [-0.39, 0.29) is 5.91 Å². The highest BCUT2D eigenvalue weighted by Gasteiger charge is 2.18. The third-order valence-corrected chi connectivity index (χ3v) is 4.39. The molecule has 0 radical (unpaired) electrons. The third-order valence-electron chi connectivity index (χ3n) is 4.39. The average molecular weight is 336 g/mol. The molecule has 0 aliphatic carbocycles. The Morgan fingerprint density at radius 2 is 2.00 bits per heavy atom. The van der Waals surface area contributed by atoms with E-state index in [1.54, 1.807) is 6.07 Å². The number of carbonyl (C=O) groups is 1. The Labute approximate surface area is 148 Å². The first kappa shape index (κ1) is 17.3. The van der Waals surface area contributed by atoms with Gasteiger partial charge >= 0.3 is 0 Å². The van der Waals surface area contributed by atoms with E-state index in [0.717, 1.165) is 18.8 Å².